The van der Waals surface area contributed by atoms with Gasteiger partial charge in [-0.05, 0) is 109 Å². The summed E-state index contributed by atoms with van der Waals surface area (Å²) in [4.78, 5) is 40.3. The molecule has 1 unspecified atom stereocenters. The minimum Gasteiger partial charge on any atom is -0.473 e. The van der Waals surface area contributed by atoms with Crippen molar-refractivity contribution in [2.24, 2.45) is 11.3 Å². The first kappa shape index (κ1) is 46.4. The summed E-state index contributed by atoms with van der Waals surface area (Å²) < 4.78 is 47.7. The molecule has 16 nitrogen and oxygen atoms in total. The second-order valence-electron chi connectivity index (χ2n) is 18.7. The molecule has 1 aliphatic carbocycles. The van der Waals surface area contributed by atoms with Gasteiger partial charge in [-0.15, -0.1) is 0 Å². The summed E-state index contributed by atoms with van der Waals surface area (Å²) in [5.74, 6) is -0.323. The molecule has 5 aromatic rings. The number of nitrogens with zero attached hydrogens (tertiary/aromatic N) is 5. The Morgan fingerprint density at radius 1 is 1.01 bits per heavy atom. The summed E-state index contributed by atoms with van der Waals surface area (Å²) >= 11 is 6.28. The fourth-order valence-corrected chi connectivity index (χ4v) is 10.7. The lowest BCUT2D eigenvalue weighted by atomic mass is 9.72. The number of halogens is 1. The monoisotopic (exact) mass is 952 g/mol. The summed E-state index contributed by atoms with van der Waals surface area (Å²) in [7, 11) is -3.02. The van der Waals surface area contributed by atoms with Gasteiger partial charge in [-0.1, -0.05) is 43.2 Å². The minimum atomic E-state index is -4.61. The van der Waals surface area contributed by atoms with Crippen LogP contribution in [-0.2, 0) is 19.5 Å². The zero-order valence-electron chi connectivity index (χ0n) is 38.1. The van der Waals surface area contributed by atoms with Gasteiger partial charge in [0, 0.05) is 88.0 Å². The van der Waals surface area contributed by atoms with Gasteiger partial charge in [0.05, 0.1) is 27.6 Å². The number of H-pyrrole nitrogens is 1. The molecule has 18 heteroatoms. The number of allylic oxidation sites excluding steroid dienone is 1. The van der Waals surface area contributed by atoms with E-state index in [1.807, 2.05) is 41.3 Å². The number of aromatic nitrogens is 2. The van der Waals surface area contributed by atoms with Gasteiger partial charge in [0.2, 0.25) is 5.88 Å². The van der Waals surface area contributed by atoms with E-state index >= 15 is 0 Å². The second-order valence-corrected chi connectivity index (χ2v) is 20.8. The Morgan fingerprint density at radius 2 is 1.79 bits per heavy atom. The number of ether oxygens (including phenoxy) is 3. The molecular formula is C49H57ClN8O8S. The van der Waals surface area contributed by atoms with Crippen molar-refractivity contribution in [3.8, 4) is 5.88 Å². The number of rotatable bonds is 13. The van der Waals surface area contributed by atoms with Crippen LogP contribution in [0, 0.1) is 21.4 Å². The SMILES string of the molecule is COC1COc2nc3[nH]ccc3cc2N(c2cc(N3CCN(CC4=C(c5ccc(Cl)cc5)CC(C)(C)CC4)CC3)ccc2C(=O)NS(=O)(=O)c2ccc(NCC3CCOCC3)c([N+](=O)[O-])c2)C1. The van der Waals surface area contributed by atoms with Crippen molar-refractivity contribution in [1.29, 1.82) is 0 Å². The highest BCUT2D eigenvalue weighted by atomic mass is 35.5. The predicted octanol–water partition coefficient (Wildman–Crippen LogP) is 8.41. The lowest BCUT2D eigenvalue weighted by Gasteiger charge is -2.39. The molecule has 9 rings (SSSR count). The standard InChI is InChI=1S/C49H57ClN8O8S/c1-49(2)16-12-35(41(27-49)33-4-6-36(50)7-5-33)29-55-18-20-56(21-19-55)37-8-10-40(43(25-37)57-30-38(64-3)31-66-48-45(57)24-34-13-17-51-46(34)53-48)47(59)54-67(62,63)39-9-11-42(44(26-39)58(60)61)52-28-32-14-22-65-23-15-32/h4-11,13,17,24-26,32,38,52H,12,14-16,18-23,27-31H2,1-3H3,(H,51,53)(H,54,59). The number of pyridine rings is 1. The lowest BCUT2D eigenvalue weighted by molar-refractivity contribution is -0.384. The maximum absolute atomic E-state index is 14.5. The van der Waals surface area contributed by atoms with Crippen LogP contribution in [0.5, 0.6) is 5.88 Å². The second kappa shape index (κ2) is 19.5. The molecule has 4 aliphatic rings. The van der Waals surface area contributed by atoms with Crippen LogP contribution in [0.15, 0.2) is 89.5 Å². The Bertz CT molecular complexity index is 2780. The summed E-state index contributed by atoms with van der Waals surface area (Å²) in [6.07, 6.45) is 6.15. The van der Waals surface area contributed by atoms with Crippen LogP contribution >= 0.6 is 11.6 Å². The number of aromatic amines is 1. The molecule has 1 amide bonds. The van der Waals surface area contributed by atoms with Crippen LogP contribution in [0.1, 0.15) is 61.9 Å². The molecule has 2 aromatic heterocycles. The van der Waals surface area contributed by atoms with Crippen molar-refractivity contribution in [3.05, 3.63) is 111 Å². The number of nitrogens with one attached hydrogen (secondary N) is 3. The van der Waals surface area contributed by atoms with Crippen LogP contribution in [0.3, 0.4) is 0 Å². The summed E-state index contributed by atoms with van der Waals surface area (Å²) in [5, 5.41) is 16.9. The highest BCUT2D eigenvalue weighted by Crippen LogP contribution is 2.44. The van der Waals surface area contributed by atoms with E-state index < -0.39 is 37.5 Å². The molecule has 0 saturated carbocycles. The van der Waals surface area contributed by atoms with E-state index in [2.05, 4.69) is 50.8 Å². The Kier molecular flexibility index (Phi) is 13.5. The molecule has 67 heavy (non-hydrogen) atoms. The highest BCUT2D eigenvalue weighted by molar-refractivity contribution is 7.90. The normalized spacial score (nSPS) is 19.4. The van der Waals surface area contributed by atoms with Gasteiger partial charge in [-0.3, -0.25) is 19.8 Å². The molecule has 3 N–H and O–H groups in total. The van der Waals surface area contributed by atoms with E-state index in [1.165, 1.54) is 28.8 Å². The number of fused-ring (bicyclic) bond motifs is 2. The molecule has 3 aromatic carbocycles. The average molecular weight is 954 g/mol. The first-order valence-corrected chi connectivity index (χ1v) is 24.8. The Morgan fingerprint density at radius 3 is 2.54 bits per heavy atom. The van der Waals surface area contributed by atoms with E-state index in [0.717, 1.165) is 87.0 Å². The van der Waals surface area contributed by atoms with Crippen molar-refractivity contribution in [1.82, 2.24) is 19.6 Å². The molecule has 1 atom stereocenters. The van der Waals surface area contributed by atoms with Gasteiger partial charge in [0.1, 0.15) is 29.7 Å². The van der Waals surface area contributed by atoms with Crippen molar-refractivity contribution >= 4 is 72.6 Å². The molecule has 5 heterocycles. The molecule has 354 valence electrons. The van der Waals surface area contributed by atoms with Crippen LogP contribution in [0.4, 0.5) is 28.4 Å². The number of anilines is 4. The molecular weight excluding hydrogens is 896 g/mol. The first-order valence-electron chi connectivity index (χ1n) is 22.9. The fourth-order valence-electron chi connectivity index (χ4n) is 9.60. The number of hydrogen-bond acceptors (Lipinski definition) is 13. The Balaban J connectivity index is 1.01. The van der Waals surface area contributed by atoms with Gasteiger partial charge >= 0.3 is 0 Å². The maximum atomic E-state index is 14.5. The van der Waals surface area contributed by atoms with Gasteiger partial charge < -0.3 is 34.3 Å². The third-order valence-electron chi connectivity index (χ3n) is 13.6. The summed E-state index contributed by atoms with van der Waals surface area (Å²) in [5.41, 5.74) is 6.63. The highest BCUT2D eigenvalue weighted by Gasteiger charge is 2.33. The zero-order valence-corrected chi connectivity index (χ0v) is 39.6. The van der Waals surface area contributed by atoms with E-state index in [-0.39, 0.29) is 35.7 Å². The molecule has 3 aliphatic heterocycles. The lowest BCUT2D eigenvalue weighted by Crippen LogP contribution is -2.47. The number of amides is 1. The number of carbonyl (C=O) groups is 1. The number of hydrogen-bond donors (Lipinski definition) is 3. The van der Waals surface area contributed by atoms with Crippen LogP contribution in [-0.4, -0.2) is 113 Å². The number of benzene rings is 3. The number of methoxy groups -OCH3 is 1. The van der Waals surface area contributed by atoms with Crippen molar-refractivity contribution in [2.45, 2.75) is 57.0 Å². The van der Waals surface area contributed by atoms with Crippen LogP contribution in [0.2, 0.25) is 5.02 Å². The van der Waals surface area contributed by atoms with Gasteiger partial charge in [-0.2, -0.15) is 4.98 Å². The molecule has 0 bridgehead atoms. The van der Waals surface area contributed by atoms with Gasteiger partial charge in [0.15, 0.2) is 0 Å². The number of carbonyl (C=O) groups excluding carboxylic acids is 1. The minimum absolute atomic E-state index is 0.0639. The van der Waals surface area contributed by atoms with Crippen LogP contribution in [0.25, 0.3) is 16.6 Å². The van der Waals surface area contributed by atoms with Gasteiger partial charge in [-0.25, -0.2) is 13.1 Å². The van der Waals surface area contributed by atoms with E-state index in [4.69, 9.17) is 30.8 Å². The zero-order chi connectivity index (χ0) is 46.9. The number of piperazine rings is 1. The number of nitro benzene ring substituents is 1. The smallest absolute Gasteiger partial charge is 0.293 e. The van der Waals surface area contributed by atoms with E-state index in [1.54, 1.807) is 19.4 Å². The average Bonchev–Trinajstić information content (AvgIpc) is 3.71. The maximum Gasteiger partial charge on any atom is 0.293 e. The predicted molar refractivity (Wildman–Crippen MR) is 260 cm³/mol. The van der Waals surface area contributed by atoms with Crippen molar-refractivity contribution in [2.75, 3.05) is 87.9 Å². The summed E-state index contributed by atoms with van der Waals surface area (Å²) in [6.45, 7) is 10.8. The Labute approximate surface area is 395 Å². The largest absolute Gasteiger partial charge is 0.473 e. The Hall–Kier alpha value is -5.72. The van der Waals surface area contributed by atoms with Gasteiger partial charge in [0.25, 0.3) is 21.6 Å². The molecule has 2 saturated heterocycles. The van der Waals surface area contributed by atoms with E-state index in [9.17, 15) is 23.3 Å². The fraction of sp³-hybridized carbons (Fsp3) is 0.429. The number of nitro groups is 1. The number of sulfonamides is 1. The molecule has 0 spiro atoms. The third-order valence-corrected chi connectivity index (χ3v) is 15.2. The molecule has 0 radical (unpaired) electrons. The molecule has 2 fully saturated rings. The first-order chi connectivity index (χ1) is 32.2. The van der Waals surface area contributed by atoms with Crippen molar-refractivity contribution < 1.29 is 32.3 Å². The topological polar surface area (TPSA) is 184 Å². The van der Waals surface area contributed by atoms with E-state index in [0.29, 0.717) is 42.7 Å². The van der Waals surface area contributed by atoms with Crippen molar-refractivity contribution in [3.63, 3.8) is 0 Å². The summed E-state index contributed by atoms with van der Waals surface area (Å²) in [6, 6.07) is 21.0. The quantitative estimate of drug-likeness (QED) is 0.0756. The van der Waals surface area contributed by atoms with Crippen LogP contribution < -0.4 is 24.6 Å². The third kappa shape index (κ3) is 10.4.